The fraction of sp³-hybridized carbons (Fsp3) is 0.200. The lowest BCUT2D eigenvalue weighted by Gasteiger charge is -2.14. The summed E-state index contributed by atoms with van der Waals surface area (Å²) in [5, 5.41) is 7.11. The molecular formula is C15H13Cl2N3OS. The van der Waals surface area contributed by atoms with Crippen molar-refractivity contribution < 1.29 is 4.52 Å². The van der Waals surface area contributed by atoms with Crippen molar-refractivity contribution in [1.29, 1.82) is 0 Å². The number of nitrogens with zero attached hydrogens (tertiary/aromatic N) is 3. The minimum Gasteiger partial charge on any atom is -0.338 e. The molecule has 114 valence electrons. The van der Waals surface area contributed by atoms with Crippen LogP contribution in [0.3, 0.4) is 0 Å². The van der Waals surface area contributed by atoms with Crippen LogP contribution in [0, 0.1) is 0 Å². The van der Waals surface area contributed by atoms with Crippen LogP contribution >= 0.6 is 34.5 Å². The third kappa shape index (κ3) is 3.67. The summed E-state index contributed by atoms with van der Waals surface area (Å²) in [6.45, 7) is 1.28. The van der Waals surface area contributed by atoms with Crippen molar-refractivity contribution in [2.24, 2.45) is 0 Å². The van der Waals surface area contributed by atoms with Gasteiger partial charge in [-0.15, -0.1) is 11.3 Å². The van der Waals surface area contributed by atoms with Gasteiger partial charge in [-0.1, -0.05) is 40.5 Å². The molecule has 0 radical (unpaired) electrons. The first kappa shape index (κ1) is 15.5. The molecule has 4 nitrogen and oxygen atoms in total. The van der Waals surface area contributed by atoms with Crippen LogP contribution in [0.2, 0.25) is 10.0 Å². The number of halogens is 2. The average Bonchev–Trinajstić information content (AvgIpc) is 3.13. The molecule has 0 aliphatic rings. The predicted octanol–water partition coefficient (Wildman–Crippen LogP) is 4.74. The number of rotatable bonds is 5. The number of hydrogen-bond donors (Lipinski definition) is 0. The molecule has 0 aliphatic heterocycles. The molecule has 0 fully saturated rings. The van der Waals surface area contributed by atoms with Crippen LogP contribution in [0.1, 0.15) is 11.5 Å². The molecular weight excluding hydrogens is 341 g/mol. The van der Waals surface area contributed by atoms with E-state index in [1.807, 2.05) is 36.7 Å². The lowest BCUT2D eigenvalue weighted by atomic mass is 10.2. The highest BCUT2D eigenvalue weighted by atomic mass is 35.5. The third-order valence-electron chi connectivity index (χ3n) is 3.05. The molecule has 2 heterocycles. The Bertz CT molecular complexity index is 758. The van der Waals surface area contributed by atoms with Gasteiger partial charge in [-0.3, -0.25) is 4.90 Å². The molecule has 0 atom stereocenters. The zero-order valence-electron chi connectivity index (χ0n) is 11.8. The zero-order chi connectivity index (χ0) is 15.5. The van der Waals surface area contributed by atoms with E-state index in [0.29, 0.717) is 34.8 Å². The molecule has 2 aromatic heterocycles. The standard InChI is InChI=1S/C15H13Cl2N3OS/c1-20(8-10-4-5-11(16)12(17)7-10)9-14-18-15(19-21-14)13-3-2-6-22-13/h2-7H,8-9H2,1H3. The summed E-state index contributed by atoms with van der Waals surface area (Å²) in [6, 6.07) is 9.56. The molecule has 0 saturated heterocycles. The van der Waals surface area contributed by atoms with Crippen LogP contribution in [0.15, 0.2) is 40.2 Å². The molecule has 3 rings (SSSR count). The Hall–Kier alpha value is -1.40. The molecule has 0 unspecified atom stereocenters. The van der Waals surface area contributed by atoms with Gasteiger partial charge in [-0.05, 0) is 36.2 Å². The van der Waals surface area contributed by atoms with E-state index in [4.69, 9.17) is 27.7 Å². The van der Waals surface area contributed by atoms with Gasteiger partial charge in [0.15, 0.2) is 0 Å². The van der Waals surface area contributed by atoms with E-state index in [1.54, 1.807) is 17.4 Å². The van der Waals surface area contributed by atoms with Gasteiger partial charge < -0.3 is 4.52 Å². The van der Waals surface area contributed by atoms with Gasteiger partial charge in [0.05, 0.1) is 21.5 Å². The summed E-state index contributed by atoms with van der Waals surface area (Å²) in [5.41, 5.74) is 1.08. The maximum atomic E-state index is 6.03. The highest BCUT2D eigenvalue weighted by Gasteiger charge is 2.12. The van der Waals surface area contributed by atoms with E-state index in [-0.39, 0.29) is 0 Å². The average molecular weight is 354 g/mol. The van der Waals surface area contributed by atoms with E-state index in [9.17, 15) is 0 Å². The van der Waals surface area contributed by atoms with Gasteiger partial charge in [-0.25, -0.2) is 0 Å². The maximum absolute atomic E-state index is 6.03. The molecule has 0 N–H and O–H groups in total. The monoisotopic (exact) mass is 353 g/mol. The minimum absolute atomic E-state index is 0.560. The Morgan fingerprint density at radius 2 is 2.05 bits per heavy atom. The van der Waals surface area contributed by atoms with Crippen molar-refractivity contribution >= 4 is 34.5 Å². The third-order valence-corrected chi connectivity index (χ3v) is 4.66. The van der Waals surface area contributed by atoms with Crippen LogP contribution in [0.4, 0.5) is 0 Å². The van der Waals surface area contributed by atoms with Gasteiger partial charge in [0.2, 0.25) is 11.7 Å². The minimum atomic E-state index is 0.560. The van der Waals surface area contributed by atoms with E-state index in [2.05, 4.69) is 15.0 Å². The van der Waals surface area contributed by atoms with Crippen molar-refractivity contribution in [3.63, 3.8) is 0 Å². The smallest absolute Gasteiger partial charge is 0.241 e. The van der Waals surface area contributed by atoms with Gasteiger partial charge >= 0.3 is 0 Å². The first-order valence-electron chi connectivity index (χ1n) is 6.61. The van der Waals surface area contributed by atoms with Crippen LogP contribution in [-0.2, 0) is 13.1 Å². The second kappa shape index (κ2) is 6.79. The van der Waals surface area contributed by atoms with Crippen molar-refractivity contribution in [2.75, 3.05) is 7.05 Å². The zero-order valence-corrected chi connectivity index (χ0v) is 14.1. The summed E-state index contributed by atoms with van der Waals surface area (Å²) >= 11 is 13.5. The molecule has 0 aliphatic carbocycles. The fourth-order valence-electron chi connectivity index (χ4n) is 2.06. The van der Waals surface area contributed by atoms with Crippen LogP contribution in [0.25, 0.3) is 10.7 Å². The molecule has 0 bridgehead atoms. The number of aromatic nitrogens is 2. The normalized spacial score (nSPS) is 11.3. The van der Waals surface area contributed by atoms with E-state index in [0.717, 1.165) is 10.4 Å². The Balaban J connectivity index is 1.64. The summed E-state index contributed by atoms with van der Waals surface area (Å²) in [6.07, 6.45) is 0. The van der Waals surface area contributed by atoms with Gasteiger partial charge in [0, 0.05) is 6.54 Å². The lowest BCUT2D eigenvalue weighted by molar-refractivity contribution is 0.261. The molecule has 7 heteroatoms. The Labute approximate surface area is 142 Å². The Morgan fingerprint density at radius 1 is 1.18 bits per heavy atom. The predicted molar refractivity (Wildman–Crippen MR) is 89.2 cm³/mol. The van der Waals surface area contributed by atoms with Crippen molar-refractivity contribution in [2.45, 2.75) is 13.1 Å². The Morgan fingerprint density at radius 3 is 2.77 bits per heavy atom. The highest BCUT2D eigenvalue weighted by Crippen LogP contribution is 2.24. The van der Waals surface area contributed by atoms with E-state index >= 15 is 0 Å². The Kier molecular flexibility index (Phi) is 4.78. The van der Waals surface area contributed by atoms with Gasteiger partial charge in [0.25, 0.3) is 0 Å². The van der Waals surface area contributed by atoms with Crippen LogP contribution in [0.5, 0.6) is 0 Å². The number of thiophene rings is 1. The fourth-order valence-corrected chi connectivity index (χ4v) is 3.03. The summed E-state index contributed by atoms with van der Waals surface area (Å²) < 4.78 is 5.30. The second-order valence-electron chi connectivity index (χ2n) is 4.91. The molecule has 22 heavy (non-hydrogen) atoms. The van der Waals surface area contributed by atoms with Crippen molar-refractivity contribution in [1.82, 2.24) is 15.0 Å². The van der Waals surface area contributed by atoms with Crippen LogP contribution in [-0.4, -0.2) is 22.1 Å². The van der Waals surface area contributed by atoms with Gasteiger partial charge in [-0.2, -0.15) is 4.98 Å². The first-order valence-corrected chi connectivity index (χ1v) is 8.24. The first-order chi connectivity index (χ1) is 10.6. The topological polar surface area (TPSA) is 42.2 Å². The quantitative estimate of drug-likeness (QED) is 0.664. The number of benzene rings is 1. The largest absolute Gasteiger partial charge is 0.338 e. The molecule has 0 saturated carbocycles. The molecule has 0 amide bonds. The SMILES string of the molecule is CN(Cc1ccc(Cl)c(Cl)c1)Cc1nc(-c2cccs2)no1. The summed E-state index contributed by atoms with van der Waals surface area (Å²) in [5.74, 6) is 1.22. The van der Waals surface area contributed by atoms with E-state index in [1.165, 1.54) is 0 Å². The lowest BCUT2D eigenvalue weighted by Crippen LogP contribution is -2.17. The summed E-state index contributed by atoms with van der Waals surface area (Å²) in [7, 11) is 1.98. The van der Waals surface area contributed by atoms with Crippen molar-refractivity contribution in [3.05, 3.63) is 57.2 Å². The summed E-state index contributed by atoms with van der Waals surface area (Å²) in [4.78, 5) is 7.49. The maximum Gasteiger partial charge on any atom is 0.241 e. The van der Waals surface area contributed by atoms with E-state index < -0.39 is 0 Å². The molecule has 3 aromatic rings. The molecule has 0 spiro atoms. The van der Waals surface area contributed by atoms with Gasteiger partial charge in [0.1, 0.15) is 0 Å². The highest BCUT2D eigenvalue weighted by molar-refractivity contribution is 7.13. The molecule has 1 aromatic carbocycles. The van der Waals surface area contributed by atoms with Crippen LogP contribution < -0.4 is 0 Å². The number of hydrogen-bond acceptors (Lipinski definition) is 5. The van der Waals surface area contributed by atoms with Crippen molar-refractivity contribution in [3.8, 4) is 10.7 Å². The second-order valence-corrected chi connectivity index (χ2v) is 6.67.